The third-order valence-corrected chi connectivity index (χ3v) is 5.66. The van der Waals surface area contributed by atoms with Crippen LogP contribution in [0, 0.1) is 10.1 Å². The van der Waals surface area contributed by atoms with E-state index in [1.54, 1.807) is 12.1 Å². The van der Waals surface area contributed by atoms with Gasteiger partial charge in [0.1, 0.15) is 5.69 Å². The number of hydrogen-bond donors (Lipinski definition) is 1. The van der Waals surface area contributed by atoms with Crippen LogP contribution in [0.4, 0.5) is 11.4 Å². The molecule has 1 saturated heterocycles. The van der Waals surface area contributed by atoms with Gasteiger partial charge in [-0.15, -0.1) is 11.3 Å². The van der Waals surface area contributed by atoms with E-state index in [-0.39, 0.29) is 17.7 Å². The Hall–Kier alpha value is -2.94. The minimum absolute atomic E-state index is 0.0172. The number of benzene rings is 1. The molecule has 0 spiro atoms. The minimum Gasteiger partial charge on any atom is -0.469 e. The van der Waals surface area contributed by atoms with Gasteiger partial charge in [0.05, 0.1) is 24.5 Å². The van der Waals surface area contributed by atoms with Gasteiger partial charge < -0.3 is 15.0 Å². The van der Waals surface area contributed by atoms with Gasteiger partial charge >= 0.3 is 5.97 Å². The average molecular weight is 403 g/mol. The number of hydrogen-bond acceptors (Lipinski definition) is 7. The molecule has 0 saturated carbocycles. The number of nitrogens with zero attached hydrogens (tertiary/aromatic N) is 2. The maximum atomic E-state index is 12.7. The van der Waals surface area contributed by atoms with E-state index in [0.29, 0.717) is 5.69 Å². The van der Waals surface area contributed by atoms with Crippen molar-refractivity contribution in [3.05, 3.63) is 56.3 Å². The second-order valence-corrected chi connectivity index (χ2v) is 7.46. The first-order valence-corrected chi connectivity index (χ1v) is 9.82. The van der Waals surface area contributed by atoms with Crippen LogP contribution >= 0.6 is 11.3 Å². The SMILES string of the molecule is COC(=O)C[C@@H](NC(=O)c1ccc(N2CCCC2)c([N+](=O)[O-])c1)c1cccs1. The number of anilines is 1. The molecule has 1 aliphatic rings. The van der Waals surface area contributed by atoms with Crippen LogP contribution in [0.2, 0.25) is 0 Å². The standard InChI is InChI=1S/C19H21N3O5S/c1-27-18(23)12-14(17-5-4-10-28-17)20-19(24)13-6-7-15(16(11-13)22(25)26)21-8-2-3-9-21/h4-7,10-11,14H,2-3,8-9,12H2,1H3,(H,20,24)/t14-/m1/s1. The van der Waals surface area contributed by atoms with Gasteiger partial charge in [0.2, 0.25) is 0 Å². The van der Waals surface area contributed by atoms with Crippen LogP contribution in [0.25, 0.3) is 0 Å². The van der Waals surface area contributed by atoms with Crippen molar-refractivity contribution in [1.82, 2.24) is 5.32 Å². The summed E-state index contributed by atoms with van der Waals surface area (Å²) in [5.41, 5.74) is 0.625. The van der Waals surface area contributed by atoms with E-state index in [0.717, 1.165) is 30.8 Å². The van der Waals surface area contributed by atoms with Crippen molar-refractivity contribution in [2.45, 2.75) is 25.3 Å². The number of nitro groups is 1. The largest absolute Gasteiger partial charge is 0.469 e. The summed E-state index contributed by atoms with van der Waals surface area (Å²) in [5, 5.41) is 16.2. The molecular formula is C19H21N3O5S. The normalized spacial score (nSPS) is 14.5. The van der Waals surface area contributed by atoms with E-state index >= 15 is 0 Å². The number of rotatable bonds is 7. The summed E-state index contributed by atoms with van der Waals surface area (Å²) in [6, 6.07) is 7.59. The van der Waals surface area contributed by atoms with Gasteiger partial charge in [-0.25, -0.2) is 0 Å². The Labute approximate surface area is 166 Å². The smallest absolute Gasteiger partial charge is 0.307 e. The highest BCUT2D eigenvalue weighted by Crippen LogP contribution is 2.32. The first kappa shape index (κ1) is 19.8. The van der Waals surface area contributed by atoms with Crippen LogP contribution in [0.1, 0.15) is 40.5 Å². The summed E-state index contributed by atoms with van der Waals surface area (Å²) in [4.78, 5) is 38.3. The molecular weight excluding hydrogens is 382 g/mol. The molecule has 1 aromatic heterocycles. The molecule has 148 valence electrons. The predicted octanol–water partition coefficient (Wildman–Crippen LogP) is 3.29. The number of amides is 1. The van der Waals surface area contributed by atoms with E-state index < -0.39 is 22.8 Å². The van der Waals surface area contributed by atoms with Crippen molar-refractivity contribution < 1.29 is 19.2 Å². The van der Waals surface area contributed by atoms with Crippen molar-refractivity contribution in [3.63, 3.8) is 0 Å². The molecule has 0 aliphatic carbocycles. The maximum absolute atomic E-state index is 12.7. The molecule has 2 aromatic rings. The molecule has 1 amide bonds. The van der Waals surface area contributed by atoms with Gasteiger partial charge in [0, 0.05) is 29.6 Å². The minimum atomic E-state index is -0.558. The zero-order chi connectivity index (χ0) is 20.1. The fourth-order valence-corrected chi connectivity index (χ4v) is 4.02. The number of nitrogens with one attached hydrogen (secondary N) is 1. The number of carbonyl (C=O) groups is 2. The Morgan fingerprint density at radius 3 is 2.68 bits per heavy atom. The summed E-state index contributed by atoms with van der Waals surface area (Å²) < 4.78 is 4.71. The highest BCUT2D eigenvalue weighted by atomic mass is 32.1. The Bertz CT molecular complexity index is 862. The topological polar surface area (TPSA) is 102 Å². The fraction of sp³-hybridized carbons (Fsp3) is 0.368. The van der Waals surface area contributed by atoms with Crippen LogP contribution in [0.3, 0.4) is 0 Å². The van der Waals surface area contributed by atoms with Gasteiger partial charge in [-0.1, -0.05) is 6.07 Å². The molecule has 2 heterocycles. The van der Waals surface area contributed by atoms with Gasteiger partial charge in [-0.2, -0.15) is 0 Å². The van der Waals surface area contributed by atoms with E-state index in [4.69, 9.17) is 4.74 Å². The van der Waals surface area contributed by atoms with Crippen molar-refractivity contribution >= 4 is 34.6 Å². The van der Waals surface area contributed by atoms with E-state index in [9.17, 15) is 19.7 Å². The Morgan fingerprint density at radius 1 is 1.32 bits per heavy atom. The highest BCUT2D eigenvalue weighted by Gasteiger charge is 2.25. The predicted molar refractivity (Wildman–Crippen MR) is 106 cm³/mol. The lowest BCUT2D eigenvalue weighted by molar-refractivity contribution is -0.384. The summed E-state index contributed by atoms with van der Waals surface area (Å²) in [5.74, 6) is -0.924. The number of thiophene rings is 1. The highest BCUT2D eigenvalue weighted by molar-refractivity contribution is 7.10. The number of carbonyl (C=O) groups excluding carboxylic acids is 2. The van der Waals surface area contributed by atoms with Gasteiger partial charge in [-0.3, -0.25) is 19.7 Å². The van der Waals surface area contributed by atoms with Crippen LogP contribution in [0.15, 0.2) is 35.7 Å². The van der Waals surface area contributed by atoms with E-state index in [1.165, 1.54) is 24.5 Å². The summed E-state index contributed by atoms with van der Waals surface area (Å²) >= 11 is 1.41. The molecule has 1 aliphatic heterocycles. The monoisotopic (exact) mass is 403 g/mol. The molecule has 28 heavy (non-hydrogen) atoms. The lowest BCUT2D eigenvalue weighted by Crippen LogP contribution is -2.30. The zero-order valence-electron chi connectivity index (χ0n) is 15.4. The van der Waals surface area contributed by atoms with Crippen molar-refractivity contribution in [2.75, 3.05) is 25.1 Å². The molecule has 0 radical (unpaired) electrons. The zero-order valence-corrected chi connectivity index (χ0v) is 16.2. The first-order valence-electron chi connectivity index (χ1n) is 8.94. The summed E-state index contributed by atoms with van der Waals surface area (Å²) in [6.07, 6.45) is 1.97. The van der Waals surface area contributed by atoms with Gasteiger partial charge in [0.25, 0.3) is 11.6 Å². The molecule has 0 unspecified atom stereocenters. The Morgan fingerprint density at radius 2 is 2.07 bits per heavy atom. The molecule has 3 rings (SSSR count). The van der Waals surface area contributed by atoms with Gasteiger partial charge in [-0.05, 0) is 36.4 Å². The summed E-state index contributed by atoms with van der Waals surface area (Å²) in [6.45, 7) is 1.54. The molecule has 9 heteroatoms. The molecule has 0 bridgehead atoms. The molecule has 1 fully saturated rings. The third kappa shape index (κ3) is 4.48. The average Bonchev–Trinajstić information content (AvgIpc) is 3.40. The van der Waals surface area contributed by atoms with Crippen LogP contribution in [-0.2, 0) is 9.53 Å². The molecule has 1 N–H and O–H groups in total. The first-order chi connectivity index (χ1) is 13.5. The van der Waals surface area contributed by atoms with Crippen molar-refractivity contribution in [2.24, 2.45) is 0 Å². The number of methoxy groups -OCH3 is 1. The van der Waals surface area contributed by atoms with Crippen LogP contribution in [0.5, 0.6) is 0 Å². The quantitative estimate of drug-likeness (QED) is 0.432. The Kier molecular flexibility index (Phi) is 6.25. The van der Waals surface area contributed by atoms with Gasteiger partial charge in [0.15, 0.2) is 0 Å². The van der Waals surface area contributed by atoms with Crippen molar-refractivity contribution in [3.8, 4) is 0 Å². The second kappa shape index (κ2) is 8.83. The Balaban J connectivity index is 1.83. The number of esters is 1. The number of ether oxygens (including phenoxy) is 1. The second-order valence-electron chi connectivity index (χ2n) is 6.48. The fourth-order valence-electron chi connectivity index (χ4n) is 3.24. The van der Waals surface area contributed by atoms with Crippen LogP contribution in [-0.4, -0.2) is 37.0 Å². The number of nitro benzene ring substituents is 1. The third-order valence-electron chi connectivity index (χ3n) is 4.67. The van der Waals surface area contributed by atoms with E-state index in [2.05, 4.69) is 5.32 Å². The van der Waals surface area contributed by atoms with Crippen LogP contribution < -0.4 is 10.2 Å². The summed E-state index contributed by atoms with van der Waals surface area (Å²) in [7, 11) is 1.29. The van der Waals surface area contributed by atoms with Crippen molar-refractivity contribution in [1.29, 1.82) is 0 Å². The maximum Gasteiger partial charge on any atom is 0.307 e. The molecule has 8 nitrogen and oxygen atoms in total. The lowest BCUT2D eigenvalue weighted by Gasteiger charge is -2.19. The lowest BCUT2D eigenvalue weighted by atomic mass is 10.1. The molecule has 1 aromatic carbocycles. The molecule has 1 atom stereocenters. The van der Waals surface area contributed by atoms with E-state index in [1.807, 2.05) is 22.4 Å².